The molecule has 2 aromatic rings. The van der Waals surface area contributed by atoms with Crippen LogP contribution in [0.2, 0.25) is 5.02 Å². The largest absolute Gasteiger partial charge is 0.476 e. The first-order valence-corrected chi connectivity index (χ1v) is 9.87. The molecular formula is C21H19BrClNO4. The predicted octanol–water partition coefficient (Wildman–Crippen LogP) is 5.32. The van der Waals surface area contributed by atoms with Crippen molar-refractivity contribution in [2.24, 2.45) is 0 Å². The first kappa shape index (κ1) is 20.4. The number of benzene rings is 2. The Morgan fingerprint density at radius 1 is 1.25 bits per heavy atom. The van der Waals surface area contributed by atoms with Crippen LogP contribution >= 0.6 is 27.5 Å². The lowest BCUT2D eigenvalue weighted by atomic mass is 10.0. The van der Waals surface area contributed by atoms with Crippen LogP contribution in [0.5, 0.6) is 5.75 Å². The molecule has 0 unspecified atom stereocenters. The summed E-state index contributed by atoms with van der Waals surface area (Å²) in [6, 6.07) is 10.6. The Kier molecular flexibility index (Phi) is 5.82. The molecule has 0 radical (unpaired) electrons. The molecule has 0 saturated heterocycles. The van der Waals surface area contributed by atoms with E-state index in [1.807, 2.05) is 6.07 Å². The maximum absolute atomic E-state index is 12.5. The van der Waals surface area contributed by atoms with E-state index >= 15 is 0 Å². The zero-order chi connectivity index (χ0) is 20.5. The minimum Gasteiger partial charge on any atom is -0.476 e. The van der Waals surface area contributed by atoms with E-state index in [0.29, 0.717) is 27.6 Å². The molecule has 1 N–H and O–H groups in total. The zero-order valence-corrected chi connectivity index (χ0v) is 18.0. The lowest BCUT2D eigenvalue weighted by molar-refractivity contribution is -0.158. The van der Waals surface area contributed by atoms with Gasteiger partial charge in [-0.2, -0.15) is 0 Å². The molecule has 3 rings (SSSR count). The van der Waals surface area contributed by atoms with Crippen LogP contribution in [-0.4, -0.2) is 24.1 Å². The summed E-state index contributed by atoms with van der Waals surface area (Å²) in [5.74, 6) is -0.230. The van der Waals surface area contributed by atoms with E-state index < -0.39 is 11.6 Å². The second-order valence-electron chi connectivity index (χ2n) is 6.72. The summed E-state index contributed by atoms with van der Waals surface area (Å²) in [5.41, 5.74) is 1.38. The second-order valence-corrected chi connectivity index (χ2v) is 8.07. The van der Waals surface area contributed by atoms with E-state index in [9.17, 15) is 9.59 Å². The number of esters is 1. The highest BCUT2D eigenvalue weighted by atomic mass is 79.9. The van der Waals surface area contributed by atoms with Gasteiger partial charge in [-0.25, -0.2) is 4.79 Å². The molecule has 0 saturated carbocycles. The number of hydrogen-bond acceptors (Lipinski definition) is 4. The summed E-state index contributed by atoms with van der Waals surface area (Å²) in [5, 5.41) is 3.35. The fraction of sp³-hybridized carbons (Fsp3) is 0.238. The smallest absolute Gasteiger partial charge is 0.349 e. The lowest BCUT2D eigenvalue weighted by Crippen LogP contribution is -2.39. The Bertz CT molecular complexity index is 984. The van der Waals surface area contributed by atoms with Crippen LogP contribution in [-0.2, 0) is 14.3 Å². The molecule has 1 aliphatic rings. The van der Waals surface area contributed by atoms with Crippen LogP contribution in [0.4, 0.5) is 5.69 Å². The summed E-state index contributed by atoms with van der Waals surface area (Å²) in [7, 11) is 0. The maximum Gasteiger partial charge on any atom is 0.349 e. The molecule has 0 spiro atoms. The van der Waals surface area contributed by atoms with Crippen molar-refractivity contribution >= 4 is 56.7 Å². The van der Waals surface area contributed by atoms with E-state index in [2.05, 4.69) is 21.2 Å². The van der Waals surface area contributed by atoms with Crippen molar-refractivity contribution in [3.8, 4) is 5.75 Å². The van der Waals surface area contributed by atoms with E-state index in [1.165, 1.54) is 0 Å². The number of rotatable bonds is 5. The van der Waals surface area contributed by atoms with Gasteiger partial charge in [0.05, 0.1) is 12.3 Å². The molecule has 0 bridgehead atoms. The summed E-state index contributed by atoms with van der Waals surface area (Å²) in [4.78, 5) is 24.7. The third kappa shape index (κ3) is 4.23. The van der Waals surface area contributed by atoms with Gasteiger partial charge in [0, 0.05) is 26.2 Å². The van der Waals surface area contributed by atoms with Crippen molar-refractivity contribution in [2.45, 2.75) is 26.4 Å². The fourth-order valence-corrected chi connectivity index (χ4v) is 3.36. The van der Waals surface area contributed by atoms with Crippen LogP contribution in [0.15, 0.2) is 40.9 Å². The SMILES string of the molecule is CCOC(=O)C(C)(C)Oc1ccc(Br)cc1/C=C1/C(=O)Nc2cc(Cl)ccc21. The van der Waals surface area contributed by atoms with E-state index in [0.717, 1.165) is 10.0 Å². The monoisotopic (exact) mass is 463 g/mol. The van der Waals surface area contributed by atoms with E-state index in [4.69, 9.17) is 21.1 Å². The van der Waals surface area contributed by atoms with Crippen LogP contribution in [0.1, 0.15) is 31.9 Å². The Hall–Kier alpha value is -2.31. The van der Waals surface area contributed by atoms with Crippen LogP contribution < -0.4 is 10.1 Å². The Balaban J connectivity index is 2.02. The van der Waals surface area contributed by atoms with Gasteiger partial charge in [0.15, 0.2) is 5.60 Å². The van der Waals surface area contributed by atoms with E-state index in [-0.39, 0.29) is 12.5 Å². The number of fused-ring (bicyclic) bond motifs is 1. The Morgan fingerprint density at radius 3 is 2.71 bits per heavy atom. The van der Waals surface area contributed by atoms with Crippen molar-refractivity contribution in [3.63, 3.8) is 0 Å². The number of halogens is 2. The topological polar surface area (TPSA) is 64.6 Å². The molecule has 1 aliphatic heterocycles. The average Bonchev–Trinajstić information content (AvgIpc) is 2.92. The Morgan fingerprint density at radius 2 is 2.00 bits per heavy atom. The molecule has 146 valence electrons. The van der Waals surface area contributed by atoms with Gasteiger partial charge in [-0.05, 0) is 57.2 Å². The van der Waals surface area contributed by atoms with Gasteiger partial charge in [0.2, 0.25) is 0 Å². The lowest BCUT2D eigenvalue weighted by Gasteiger charge is -2.25. The molecule has 2 aromatic carbocycles. The summed E-state index contributed by atoms with van der Waals surface area (Å²) < 4.78 is 11.9. The first-order valence-electron chi connectivity index (χ1n) is 8.70. The number of anilines is 1. The third-order valence-corrected chi connectivity index (χ3v) is 4.90. The molecule has 0 fully saturated rings. The predicted molar refractivity (Wildman–Crippen MR) is 113 cm³/mol. The molecule has 1 amide bonds. The molecule has 5 nitrogen and oxygen atoms in total. The molecule has 7 heteroatoms. The Labute approximate surface area is 176 Å². The first-order chi connectivity index (χ1) is 13.2. The summed E-state index contributed by atoms with van der Waals surface area (Å²) in [6.07, 6.45) is 1.73. The number of nitrogens with one attached hydrogen (secondary N) is 1. The van der Waals surface area contributed by atoms with Crippen molar-refractivity contribution < 1.29 is 19.1 Å². The van der Waals surface area contributed by atoms with Crippen molar-refractivity contribution in [2.75, 3.05) is 11.9 Å². The van der Waals surface area contributed by atoms with Crippen molar-refractivity contribution in [1.82, 2.24) is 0 Å². The van der Waals surface area contributed by atoms with Crippen molar-refractivity contribution in [1.29, 1.82) is 0 Å². The summed E-state index contributed by atoms with van der Waals surface area (Å²) >= 11 is 9.45. The van der Waals surface area contributed by atoms with Gasteiger partial charge in [0.1, 0.15) is 5.75 Å². The minimum absolute atomic E-state index is 0.229. The molecule has 0 aliphatic carbocycles. The number of amides is 1. The second kappa shape index (κ2) is 7.97. The van der Waals surface area contributed by atoms with Gasteiger partial charge >= 0.3 is 5.97 Å². The molecule has 1 heterocycles. The van der Waals surface area contributed by atoms with Crippen LogP contribution in [0.25, 0.3) is 11.6 Å². The van der Waals surface area contributed by atoms with Gasteiger partial charge in [-0.1, -0.05) is 33.6 Å². The molecule has 0 aromatic heterocycles. The van der Waals surface area contributed by atoms with Crippen LogP contribution in [0.3, 0.4) is 0 Å². The van der Waals surface area contributed by atoms with Gasteiger partial charge in [-0.3, -0.25) is 4.79 Å². The van der Waals surface area contributed by atoms with Gasteiger partial charge in [0.25, 0.3) is 5.91 Å². The molecule has 0 atom stereocenters. The minimum atomic E-state index is -1.18. The van der Waals surface area contributed by atoms with E-state index in [1.54, 1.807) is 57.2 Å². The number of carbonyl (C=O) groups is 2. The normalized spacial score (nSPS) is 14.6. The highest BCUT2D eigenvalue weighted by Crippen LogP contribution is 2.37. The standard InChI is InChI=1S/C21H19BrClNO4/c1-4-27-20(26)21(2,3)28-18-8-5-13(22)9-12(18)10-16-15-7-6-14(23)11-17(15)24-19(16)25/h5-11H,4H2,1-3H3,(H,24,25)/b16-10+. The average molecular weight is 465 g/mol. The van der Waals surface area contributed by atoms with Crippen LogP contribution in [0, 0.1) is 0 Å². The fourth-order valence-electron chi connectivity index (χ4n) is 2.81. The maximum atomic E-state index is 12.5. The number of carbonyl (C=O) groups excluding carboxylic acids is 2. The van der Waals surface area contributed by atoms with Crippen molar-refractivity contribution in [3.05, 3.63) is 57.0 Å². The summed E-state index contributed by atoms with van der Waals surface area (Å²) in [6.45, 7) is 5.29. The highest BCUT2D eigenvalue weighted by molar-refractivity contribution is 9.10. The number of ether oxygens (including phenoxy) is 2. The zero-order valence-electron chi connectivity index (χ0n) is 15.6. The highest BCUT2D eigenvalue weighted by Gasteiger charge is 2.32. The molecule has 28 heavy (non-hydrogen) atoms. The molecular weight excluding hydrogens is 446 g/mol. The number of hydrogen-bond donors (Lipinski definition) is 1. The van der Waals surface area contributed by atoms with Gasteiger partial charge in [-0.15, -0.1) is 0 Å². The quantitative estimate of drug-likeness (QED) is 0.481. The third-order valence-electron chi connectivity index (χ3n) is 4.17. The van der Waals surface area contributed by atoms with Gasteiger partial charge < -0.3 is 14.8 Å².